The first-order valence-electron chi connectivity index (χ1n) is 7.32. The minimum atomic E-state index is 0.0588. The van der Waals surface area contributed by atoms with E-state index in [2.05, 4.69) is 18.8 Å². The number of thiophene rings is 1. The third kappa shape index (κ3) is 4.15. The number of carbonyl (C=O) groups excluding carboxylic acids is 1. The maximum atomic E-state index is 12.8. The Morgan fingerprint density at radius 1 is 1.45 bits per heavy atom. The van der Waals surface area contributed by atoms with Crippen molar-refractivity contribution >= 4 is 28.6 Å². The van der Waals surface area contributed by atoms with Crippen molar-refractivity contribution in [3.63, 3.8) is 0 Å². The summed E-state index contributed by atoms with van der Waals surface area (Å²) in [5, 5.41) is 2.95. The van der Waals surface area contributed by atoms with Gasteiger partial charge >= 0.3 is 0 Å². The van der Waals surface area contributed by atoms with Gasteiger partial charge in [-0.05, 0) is 24.3 Å². The minimum absolute atomic E-state index is 0.0588. The maximum Gasteiger partial charge on any atom is 0.265 e. The van der Waals surface area contributed by atoms with Crippen molar-refractivity contribution in [3.8, 4) is 9.88 Å². The third-order valence-electron chi connectivity index (χ3n) is 3.16. The number of aromatic nitrogens is 1. The van der Waals surface area contributed by atoms with E-state index < -0.39 is 0 Å². The minimum Gasteiger partial charge on any atom is -0.383 e. The Morgan fingerprint density at radius 2 is 2.23 bits per heavy atom. The molecule has 0 spiro atoms. The molecule has 0 unspecified atom stereocenters. The Bertz CT molecular complexity index is 606. The van der Waals surface area contributed by atoms with E-state index >= 15 is 0 Å². The number of methoxy groups -OCH3 is 1. The van der Waals surface area contributed by atoms with E-state index in [1.165, 1.54) is 11.3 Å². The van der Waals surface area contributed by atoms with Crippen molar-refractivity contribution in [2.45, 2.75) is 20.8 Å². The Morgan fingerprint density at radius 3 is 2.82 bits per heavy atom. The van der Waals surface area contributed by atoms with Crippen LogP contribution in [0.5, 0.6) is 0 Å². The summed E-state index contributed by atoms with van der Waals surface area (Å²) in [7, 11) is 1.66. The standard InChI is InChI=1S/C16H22N2O2S2/c1-11(2)10-18(7-8-20-4)16(19)14-12(3)17-15(22-14)13-6-5-9-21-13/h5-6,9,11H,7-8,10H2,1-4H3. The molecule has 0 bridgehead atoms. The van der Waals surface area contributed by atoms with Gasteiger partial charge in [0.25, 0.3) is 5.91 Å². The molecule has 2 rings (SSSR count). The first-order valence-corrected chi connectivity index (χ1v) is 9.02. The number of amides is 1. The van der Waals surface area contributed by atoms with Crippen molar-refractivity contribution in [2.24, 2.45) is 5.92 Å². The molecule has 0 saturated carbocycles. The van der Waals surface area contributed by atoms with E-state index in [0.29, 0.717) is 19.1 Å². The van der Waals surface area contributed by atoms with Gasteiger partial charge < -0.3 is 9.64 Å². The normalized spacial score (nSPS) is 11.1. The van der Waals surface area contributed by atoms with Crippen molar-refractivity contribution < 1.29 is 9.53 Å². The van der Waals surface area contributed by atoms with E-state index in [4.69, 9.17) is 4.74 Å². The molecule has 4 nitrogen and oxygen atoms in total. The number of hydrogen-bond acceptors (Lipinski definition) is 5. The van der Waals surface area contributed by atoms with Crippen molar-refractivity contribution in [2.75, 3.05) is 26.8 Å². The molecule has 0 aliphatic rings. The van der Waals surface area contributed by atoms with Crippen LogP contribution in [-0.4, -0.2) is 42.6 Å². The zero-order valence-electron chi connectivity index (χ0n) is 13.5. The van der Waals surface area contributed by atoms with Gasteiger partial charge in [-0.3, -0.25) is 4.79 Å². The molecule has 0 aliphatic heterocycles. The van der Waals surface area contributed by atoms with Gasteiger partial charge in [-0.15, -0.1) is 22.7 Å². The molecule has 0 radical (unpaired) electrons. The molecule has 120 valence electrons. The molecule has 0 aromatic carbocycles. The summed E-state index contributed by atoms with van der Waals surface area (Å²) in [4.78, 5) is 21.1. The summed E-state index contributed by atoms with van der Waals surface area (Å²) in [6.07, 6.45) is 0. The van der Waals surface area contributed by atoms with Crippen molar-refractivity contribution in [1.29, 1.82) is 0 Å². The molecule has 0 saturated heterocycles. The zero-order valence-corrected chi connectivity index (χ0v) is 15.1. The summed E-state index contributed by atoms with van der Waals surface area (Å²) in [6, 6.07) is 4.04. The zero-order chi connectivity index (χ0) is 16.1. The monoisotopic (exact) mass is 338 g/mol. The van der Waals surface area contributed by atoms with Gasteiger partial charge in [0.1, 0.15) is 9.88 Å². The number of thiazole rings is 1. The fraction of sp³-hybridized carbons (Fsp3) is 0.500. The van der Waals surface area contributed by atoms with Crippen LogP contribution in [0.3, 0.4) is 0 Å². The van der Waals surface area contributed by atoms with Crippen LogP contribution < -0.4 is 0 Å². The van der Waals surface area contributed by atoms with E-state index in [-0.39, 0.29) is 5.91 Å². The van der Waals surface area contributed by atoms with Crippen LogP contribution in [0.4, 0.5) is 0 Å². The number of ether oxygens (including phenoxy) is 1. The highest BCUT2D eigenvalue weighted by Crippen LogP contribution is 2.31. The van der Waals surface area contributed by atoms with Crippen molar-refractivity contribution in [1.82, 2.24) is 9.88 Å². The van der Waals surface area contributed by atoms with Gasteiger partial charge in [-0.2, -0.15) is 0 Å². The fourth-order valence-corrected chi connectivity index (χ4v) is 3.99. The summed E-state index contributed by atoms with van der Waals surface area (Å²) < 4.78 is 5.13. The molecule has 0 atom stereocenters. The van der Waals surface area contributed by atoms with E-state index in [9.17, 15) is 4.79 Å². The highest BCUT2D eigenvalue weighted by molar-refractivity contribution is 7.22. The Hall–Kier alpha value is -1.24. The van der Waals surface area contributed by atoms with Gasteiger partial charge in [0.2, 0.25) is 0 Å². The number of rotatable bonds is 7. The highest BCUT2D eigenvalue weighted by atomic mass is 32.1. The number of aryl methyl sites for hydroxylation is 1. The molecule has 0 N–H and O–H groups in total. The maximum absolute atomic E-state index is 12.8. The topological polar surface area (TPSA) is 42.4 Å². The molecule has 6 heteroatoms. The predicted molar refractivity (Wildman–Crippen MR) is 92.8 cm³/mol. The molecular weight excluding hydrogens is 316 g/mol. The van der Waals surface area contributed by atoms with Gasteiger partial charge in [-0.25, -0.2) is 4.98 Å². The Balaban J connectivity index is 2.22. The summed E-state index contributed by atoms with van der Waals surface area (Å²) in [5.41, 5.74) is 0.810. The van der Waals surface area contributed by atoms with E-state index in [0.717, 1.165) is 27.0 Å². The average Bonchev–Trinajstić information content (AvgIpc) is 3.11. The van der Waals surface area contributed by atoms with E-state index in [1.54, 1.807) is 18.4 Å². The third-order valence-corrected chi connectivity index (χ3v) is 5.35. The molecule has 0 aliphatic carbocycles. The molecular formula is C16H22N2O2S2. The van der Waals surface area contributed by atoms with Crippen LogP contribution in [-0.2, 0) is 4.74 Å². The Labute approximate surface area is 139 Å². The quantitative estimate of drug-likeness (QED) is 0.768. The second kappa shape index (κ2) is 7.85. The first-order chi connectivity index (χ1) is 10.5. The lowest BCUT2D eigenvalue weighted by Gasteiger charge is -2.23. The number of hydrogen-bond donors (Lipinski definition) is 0. The summed E-state index contributed by atoms with van der Waals surface area (Å²) >= 11 is 3.13. The van der Waals surface area contributed by atoms with Gasteiger partial charge in [0.15, 0.2) is 0 Å². The van der Waals surface area contributed by atoms with Crippen LogP contribution in [0.2, 0.25) is 0 Å². The van der Waals surface area contributed by atoms with Crippen LogP contribution in [0.25, 0.3) is 9.88 Å². The first kappa shape index (κ1) is 17.1. The van der Waals surface area contributed by atoms with E-state index in [1.807, 2.05) is 29.3 Å². The van der Waals surface area contributed by atoms with Crippen LogP contribution in [0.1, 0.15) is 29.2 Å². The molecule has 2 aromatic rings. The van der Waals surface area contributed by atoms with Gasteiger partial charge in [0.05, 0.1) is 17.2 Å². The molecule has 2 heterocycles. The molecule has 22 heavy (non-hydrogen) atoms. The lowest BCUT2D eigenvalue weighted by Crippen LogP contribution is -2.36. The highest BCUT2D eigenvalue weighted by Gasteiger charge is 2.22. The Kier molecular flexibility index (Phi) is 6.11. The predicted octanol–water partition coefficient (Wildman–Crippen LogP) is 3.92. The van der Waals surface area contributed by atoms with Crippen LogP contribution in [0.15, 0.2) is 17.5 Å². The number of carbonyl (C=O) groups is 1. The van der Waals surface area contributed by atoms with Gasteiger partial charge in [0, 0.05) is 20.2 Å². The molecule has 1 amide bonds. The number of nitrogens with zero attached hydrogens (tertiary/aromatic N) is 2. The molecule has 2 aromatic heterocycles. The fourth-order valence-electron chi connectivity index (χ4n) is 2.16. The summed E-state index contributed by atoms with van der Waals surface area (Å²) in [6.45, 7) is 8.03. The lowest BCUT2D eigenvalue weighted by atomic mass is 10.2. The smallest absolute Gasteiger partial charge is 0.265 e. The lowest BCUT2D eigenvalue weighted by molar-refractivity contribution is 0.0676. The van der Waals surface area contributed by atoms with Gasteiger partial charge in [-0.1, -0.05) is 19.9 Å². The van der Waals surface area contributed by atoms with Crippen molar-refractivity contribution in [3.05, 3.63) is 28.1 Å². The van der Waals surface area contributed by atoms with Crippen LogP contribution >= 0.6 is 22.7 Å². The SMILES string of the molecule is COCCN(CC(C)C)C(=O)c1sc(-c2cccs2)nc1C. The average molecular weight is 338 g/mol. The molecule has 0 fully saturated rings. The largest absolute Gasteiger partial charge is 0.383 e. The van der Waals surface area contributed by atoms with Crippen LogP contribution in [0, 0.1) is 12.8 Å². The second-order valence-electron chi connectivity index (χ2n) is 5.55. The summed E-state index contributed by atoms with van der Waals surface area (Å²) in [5.74, 6) is 0.481. The second-order valence-corrected chi connectivity index (χ2v) is 7.50.